The van der Waals surface area contributed by atoms with E-state index in [1.807, 2.05) is 0 Å². The lowest BCUT2D eigenvalue weighted by atomic mass is 9.73. The quantitative estimate of drug-likeness (QED) is 0.237. The Hall–Kier alpha value is -4.62. The van der Waals surface area contributed by atoms with Crippen LogP contribution in [0.5, 0.6) is 0 Å². The van der Waals surface area contributed by atoms with Crippen LogP contribution in [0.25, 0.3) is 16.8 Å². The van der Waals surface area contributed by atoms with Gasteiger partial charge in [0, 0.05) is 28.6 Å². The summed E-state index contributed by atoms with van der Waals surface area (Å²) in [7, 11) is 0. The van der Waals surface area contributed by atoms with Crippen molar-refractivity contribution in [1.29, 1.82) is 0 Å². The third-order valence-corrected chi connectivity index (χ3v) is 9.90. The van der Waals surface area contributed by atoms with Gasteiger partial charge in [0.05, 0.1) is 6.04 Å². The van der Waals surface area contributed by atoms with Crippen molar-refractivity contribution < 1.29 is 0 Å². The Morgan fingerprint density at radius 2 is 1.51 bits per heavy atom. The Bertz CT molecular complexity index is 1840. The molecule has 210 valence electrons. The van der Waals surface area contributed by atoms with Crippen molar-refractivity contribution in [3.8, 4) is 0 Å². The van der Waals surface area contributed by atoms with Crippen LogP contribution in [0.3, 0.4) is 0 Å². The van der Waals surface area contributed by atoms with Crippen molar-refractivity contribution in [2.75, 3.05) is 4.90 Å². The lowest BCUT2D eigenvalue weighted by molar-refractivity contribution is 0.511. The van der Waals surface area contributed by atoms with Gasteiger partial charge in [0.2, 0.25) is 0 Å². The number of nitrogens with zero attached hydrogens (tertiary/aromatic N) is 1. The minimum absolute atomic E-state index is 0.241. The minimum atomic E-state index is 0.241. The van der Waals surface area contributed by atoms with Crippen LogP contribution in [-0.4, -0.2) is 6.04 Å². The Morgan fingerprint density at radius 3 is 2.42 bits per heavy atom. The van der Waals surface area contributed by atoms with Crippen LogP contribution in [0.15, 0.2) is 157 Å². The van der Waals surface area contributed by atoms with E-state index in [-0.39, 0.29) is 6.04 Å². The summed E-state index contributed by atoms with van der Waals surface area (Å²) in [4.78, 5) is 2.57. The lowest BCUT2D eigenvalue weighted by Crippen LogP contribution is -2.30. The first kappa shape index (κ1) is 26.0. The molecular formula is C42H37N. The van der Waals surface area contributed by atoms with Crippen LogP contribution < -0.4 is 4.90 Å². The van der Waals surface area contributed by atoms with Crippen molar-refractivity contribution in [1.82, 2.24) is 0 Å². The van der Waals surface area contributed by atoms with E-state index < -0.39 is 0 Å². The van der Waals surface area contributed by atoms with Gasteiger partial charge in [-0.1, -0.05) is 134 Å². The zero-order valence-corrected chi connectivity index (χ0v) is 24.5. The molecule has 4 aliphatic carbocycles. The fraction of sp³-hybridized carbons (Fsp3) is 0.190. The Labute approximate surface area is 255 Å². The second kappa shape index (κ2) is 11.2. The first-order valence-electron chi connectivity index (χ1n) is 15.9. The number of anilines is 2. The van der Waals surface area contributed by atoms with Gasteiger partial charge in [-0.05, 0) is 83.0 Å². The Balaban J connectivity index is 1.14. The van der Waals surface area contributed by atoms with E-state index in [1.165, 1.54) is 56.4 Å². The smallest absolute Gasteiger partial charge is 0.0560 e. The summed E-state index contributed by atoms with van der Waals surface area (Å²) in [5.41, 5.74) is 9.69. The Kier molecular flexibility index (Phi) is 6.80. The zero-order chi connectivity index (χ0) is 28.6. The molecule has 0 bridgehead atoms. The molecule has 4 atom stereocenters. The van der Waals surface area contributed by atoms with Crippen molar-refractivity contribution in [2.24, 2.45) is 5.92 Å². The van der Waals surface area contributed by atoms with E-state index in [9.17, 15) is 0 Å². The number of hydrogen-bond acceptors (Lipinski definition) is 1. The summed E-state index contributed by atoms with van der Waals surface area (Å²) < 4.78 is 0. The molecule has 0 spiro atoms. The molecule has 0 fully saturated rings. The van der Waals surface area contributed by atoms with Crippen LogP contribution in [0.1, 0.15) is 54.2 Å². The summed E-state index contributed by atoms with van der Waals surface area (Å²) in [6.45, 7) is 0. The number of fused-ring (bicyclic) bond motifs is 3. The van der Waals surface area contributed by atoms with Gasteiger partial charge in [-0.25, -0.2) is 0 Å². The van der Waals surface area contributed by atoms with Crippen molar-refractivity contribution >= 4 is 28.2 Å². The van der Waals surface area contributed by atoms with E-state index in [0.717, 1.165) is 19.3 Å². The molecule has 0 aliphatic heterocycles. The van der Waals surface area contributed by atoms with E-state index >= 15 is 0 Å². The monoisotopic (exact) mass is 555 g/mol. The summed E-state index contributed by atoms with van der Waals surface area (Å²) in [6, 6.07) is 34.2. The van der Waals surface area contributed by atoms with Crippen LogP contribution >= 0.6 is 0 Å². The van der Waals surface area contributed by atoms with Gasteiger partial charge in [0.1, 0.15) is 0 Å². The molecule has 0 amide bonds. The fourth-order valence-corrected chi connectivity index (χ4v) is 7.77. The van der Waals surface area contributed by atoms with Crippen molar-refractivity contribution in [2.45, 2.75) is 43.6 Å². The van der Waals surface area contributed by atoms with Gasteiger partial charge in [0.15, 0.2) is 0 Å². The van der Waals surface area contributed by atoms with Gasteiger partial charge in [-0.15, -0.1) is 0 Å². The molecule has 1 heteroatoms. The van der Waals surface area contributed by atoms with Gasteiger partial charge in [-0.2, -0.15) is 0 Å². The largest absolute Gasteiger partial charge is 0.334 e. The summed E-state index contributed by atoms with van der Waals surface area (Å²) in [5, 5.41) is 2.58. The third kappa shape index (κ3) is 4.83. The molecule has 43 heavy (non-hydrogen) atoms. The zero-order valence-electron chi connectivity index (χ0n) is 24.5. The van der Waals surface area contributed by atoms with Gasteiger partial charge < -0.3 is 4.90 Å². The van der Waals surface area contributed by atoms with E-state index in [1.54, 1.807) is 0 Å². The molecular weight excluding hydrogens is 518 g/mol. The fourth-order valence-electron chi connectivity index (χ4n) is 7.77. The molecule has 0 heterocycles. The van der Waals surface area contributed by atoms with Gasteiger partial charge in [-0.3, -0.25) is 0 Å². The second-order valence-corrected chi connectivity index (χ2v) is 12.3. The molecule has 0 aromatic heterocycles. The summed E-state index contributed by atoms with van der Waals surface area (Å²) >= 11 is 0. The molecule has 4 aromatic carbocycles. The van der Waals surface area contributed by atoms with E-state index in [2.05, 4.69) is 157 Å². The van der Waals surface area contributed by atoms with Crippen LogP contribution in [-0.2, 0) is 0 Å². The van der Waals surface area contributed by atoms with Crippen molar-refractivity contribution in [3.63, 3.8) is 0 Å². The highest BCUT2D eigenvalue weighted by molar-refractivity contribution is 5.96. The number of benzene rings is 4. The maximum absolute atomic E-state index is 2.57. The summed E-state index contributed by atoms with van der Waals surface area (Å²) in [5.74, 6) is 1.46. The third-order valence-electron chi connectivity index (χ3n) is 9.90. The Morgan fingerprint density at radius 1 is 0.651 bits per heavy atom. The maximum atomic E-state index is 2.57. The molecule has 1 nitrogen and oxygen atoms in total. The highest BCUT2D eigenvalue weighted by atomic mass is 15.2. The van der Waals surface area contributed by atoms with Crippen LogP contribution in [0.4, 0.5) is 11.4 Å². The lowest BCUT2D eigenvalue weighted by Gasteiger charge is -2.36. The van der Waals surface area contributed by atoms with E-state index in [0.29, 0.717) is 17.8 Å². The average molecular weight is 556 g/mol. The summed E-state index contributed by atoms with van der Waals surface area (Å²) in [6.07, 6.45) is 27.9. The number of hydrogen-bond donors (Lipinski definition) is 0. The molecule has 0 N–H and O–H groups in total. The highest BCUT2D eigenvalue weighted by Crippen LogP contribution is 2.43. The van der Waals surface area contributed by atoms with Crippen molar-refractivity contribution in [3.05, 3.63) is 174 Å². The molecule has 4 aromatic rings. The standard InChI is InChI=1S/C42H37N/c1-4-16-37-30(10-1)13-7-19-39(37)33-22-26-35(27-23-33)43(42-21-9-15-32-12-3-6-18-41(32)42)36-28-24-34(25-29-36)40-20-8-14-31-11-2-5-17-38(31)40/h1-7,9-18,21-26,28-29,35,38-40H,8,19-20,27H2. The molecule has 0 saturated heterocycles. The second-order valence-electron chi connectivity index (χ2n) is 12.3. The highest BCUT2D eigenvalue weighted by Gasteiger charge is 2.29. The topological polar surface area (TPSA) is 3.24 Å². The number of allylic oxidation sites excluding steroid dienone is 9. The molecule has 0 radical (unpaired) electrons. The van der Waals surface area contributed by atoms with Crippen LogP contribution in [0, 0.1) is 5.92 Å². The first-order valence-corrected chi connectivity index (χ1v) is 15.9. The molecule has 8 rings (SSSR count). The van der Waals surface area contributed by atoms with Crippen LogP contribution in [0.2, 0.25) is 0 Å². The normalized spacial score (nSPS) is 23.8. The number of rotatable bonds is 5. The average Bonchev–Trinajstić information content (AvgIpc) is 3.09. The molecule has 4 aliphatic rings. The van der Waals surface area contributed by atoms with E-state index in [4.69, 9.17) is 0 Å². The molecule has 4 unspecified atom stereocenters. The molecule has 0 saturated carbocycles. The van der Waals surface area contributed by atoms with Gasteiger partial charge >= 0.3 is 0 Å². The maximum Gasteiger partial charge on any atom is 0.0560 e. The first-order chi connectivity index (χ1) is 21.3. The minimum Gasteiger partial charge on any atom is -0.334 e. The van der Waals surface area contributed by atoms with Gasteiger partial charge in [0.25, 0.3) is 0 Å². The predicted octanol–water partition coefficient (Wildman–Crippen LogP) is 11.0. The SMILES string of the molecule is C1=CC2=CCCC(c3ccc(N(c4cccc5ccccc45)C4C=CC(C5CC=Cc6ccccc65)=CC4)cc3)C2C=C1. The predicted molar refractivity (Wildman–Crippen MR) is 183 cm³/mol.